The fourth-order valence-electron chi connectivity index (χ4n) is 3.66. The smallest absolute Gasteiger partial charge is 0.342 e. The maximum Gasteiger partial charge on any atom is 0.342 e. The van der Waals surface area contributed by atoms with Crippen LogP contribution in [0.1, 0.15) is 43.5 Å². The number of amides is 1. The molecule has 0 aliphatic heterocycles. The molecule has 10 nitrogen and oxygen atoms in total. The molecule has 0 fully saturated rings. The third kappa shape index (κ3) is 4.95. The summed E-state index contributed by atoms with van der Waals surface area (Å²) in [5, 5.41) is 11.7. The van der Waals surface area contributed by atoms with Crippen molar-refractivity contribution >= 4 is 34.2 Å². The van der Waals surface area contributed by atoms with Gasteiger partial charge in [0, 0.05) is 18.5 Å². The third-order valence-electron chi connectivity index (χ3n) is 5.41. The van der Waals surface area contributed by atoms with Gasteiger partial charge in [-0.15, -0.1) is 0 Å². The number of hydrogen-bond donors (Lipinski definition) is 3. The first-order valence-corrected chi connectivity index (χ1v) is 11.1. The fourth-order valence-corrected chi connectivity index (χ4v) is 3.66. The van der Waals surface area contributed by atoms with Crippen molar-refractivity contribution in [3.8, 4) is 5.75 Å². The van der Waals surface area contributed by atoms with Crippen molar-refractivity contribution in [3.63, 3.8) is 0 Å². The summed E-state index contributed by atoms with van der Waals surface area (Å²) < 4.78 is 6.37. The normalized spacial score (nSPS) is 10.9. The van der Waals surface area contributed by atoms with Crippen LogP contribution in [0.4, 0.5) is 11.5 Å². The summed E-state index contributed by atoms with van der Waals surface area (Å²) in [6.07, 6.45) is 1.86. The topological polar surface area (TPSA) is 148 Å². The predicted molar refractivity (Wildman–Crippen MR) is 129 cm³/mol. The first-order valence-electron chi connectivity index (χ1n) is 11.1. The molecule has 3 aromatic rings. The molecule has 3 rings (SSSR count). The minimum absolute atomic E-state index is 0.0829. The van der Waals surface area contributed by atoms with Gasteiger partial charge in [-0.25, -0.2) is 9.59 Å². The van der Waals surface area contributed by atoms with Crippen molar-refractivity contribution in [2.45, 2.75) is 39.7 Å². The minimum Gasteiger partial charge on any atom is -0.506 e. The summed E-state index contributed by atoms with van der Waals surface area (Å²) in [6, 6.07) is 10.1. The summed E-state index contributed by atoms with van der Waals surface area (Å²) >= 11 is 0. The van der Waals surface area contributed by atoms with Crippen LogP contribution in [0.25, 0.3) is 10.8 Å². The number of ether oxygens (including phenoxy) is 1. The number of unbranched alkanes of at least 4 members (excludes halogenated alkanes) is 1. The van der Waals surface area contributed by atoms with Crippen molar-refractivity contribution < 1.29 is 19.4 Å². The van der Waals surface area contributed by atoms with Crippen LogP contribution in [0.3, 0.4) is 0 Å². The van der Waals surface area contributed by atoms with Crippen molar-refractivity contribution in [1.82, 2.24) is 9.55 Å². The van der Waals surface area contributed by atoms with Gasteiger partial charge in [0.2, 0.25) is 0 Å². The van der Waals surface area contributed by atoms with E-state index >= 15 is 0 Å². The molecule has 0 atom stereocenters. The summed E-state index contributed by atoms with van der Waals surface area (Å²) in [6.45, 7) is 3.49. The van der Waals surface area contributed by atoms with Gasteiger partial charge in [-0.1, -0.05) is 50.6 Å². The van der Waals surface area contributed by atoms with Crippen molar-refractivity contribution in [2.75, 3.05) is 23.8 Å². The van der Waals surface area contributed by atoms with Gasteiger partial charge >= 0.3 is 11.7 Å². The number of esters is 1. The molecule has 1 amide bonds. The summed E-state index contributed by atoms with van der Waals surface area (Å²) in [5.41, 5.74) is 4.42. The molecule has 0 unspecified atom stereocenters. The van der Waals surface area contributed by atoms with E-state index in [1.807, 2.05) is 13.8 Å². The molecule has 180 valence electrons. The Morgan fingerprint density at radius 3 is 2.56 bits per heavy atom. The molecular formula is C24H28N4O6. The van der Waals surface area contributed by atoms with Gasteiger partial charge in [0.15, 0.2) is 12.3 Å². The van der Waals surface area contributed by atoms with E-state index in [0.29, 0.717) is 18.2 Å². The highest BCUT2D eigenvalue weighted by Gasteiger charge is 2.25. The number of phenolic OH excluding ortho intramolecular Hbond substituents is 1. The van der Waals surface area contributed by atoms with Crippen molar-refractivity contribution in [1.29, 1.82) is 0 Å². The van der Waals surface area contributed by atoms with E-state index in [9.17, 15) is 24.3 Å². The molecule has 0 saturated carbocycles. The van der Waals surface area contributed by atoms with Crippen molar-refractivity contribution in [3.05, 3.63) is 62.8 Å². The largest absolute Gasteiger partial charge is 0.506 e. The molecule has 10 heteroatoms. The number of hydrogen-bond acceptors (Lipinski definition) is 7. The number of nitrogens with one attached hydrogen (secondary N) is 1. The maximum absolute atomic E-state index is 13.0. The number of nitrogens with two attached hydrogens (primary N) is 1. The highest BCUT2D eigenvalue weighted by molar-refractivity contribution is 6.03. The number of carbonyl (C=O) groups is 2. The SMILES string of the molecule is CCCCN(C(=O)COC(=O)c1ccc2ccccc2c1O)c1c(N)n(CCC)c(=O)[nH]c1=O. The monoisotopic (exact) mass is 468 g/mol. The standard InChI is InChI=1S/C24H28N4O6/c1-3-5-13-27(19-21(25)28(12-4-2)24(33)26-22(19)31)18(29)14-34-23(32)17-11-10-15-8-6-7-9-16(15)20(17)30/h6-11,30H,3-5,12-14,25H2,1-2H3,(H,26,31,33). The van der Waals surface area contributed by atoms with E-state index in [-0.39, 0.29) is 35.9 Å². The average molecular weight is 469 g/mol. The lowest BCUT2D eigenvalue weighted by atomic mass is 10.1. The molecule has 2 aromatic carbocycles. The zero-order valence-electron chi connectivity index (χ0n) is 19.2. The van der Waals surface area contributed by atoms with Gasteiger partial charge in [-0.3, -0.25) is 19.1 Å². The lowest BCUT2D eigenvalue weighted by Gasteiger charge is -2.24. The summed E-state index contributed by atoms with van der Waals surface area (Å²) in [5.74, 6) is -1.94. The Hall–Kier alpha value is -4.08. The Morgan fingerprint density at radius 1 is 1.12 bits per heavy atom. The van der Waals surface area contributed by atoms with Crippen LogP contribution >= 0.6 is 0 Å². The molecule has 34 heavy (non-hydrogen) atoms. The third-order valence-corrected chi connectivity index (χ3v) is 5.41. The first kappa shape index (κ1) is 24.6. The van der Waals surface area contributed by atoms with Crippen molar-refractivity contribution in [2.24, 2.45) is 0 Å². The van der Waals surface area contributed by atoms with Gasteiger partial charge in [0.1, 0.15) is 17.1 Å². The molecule has 4 N–H and O–H groups in total. The zero-order valence-corrected chi connectivity index (χ0v) is 19.2. The van der Waals surface area contributed by atoms with E-state index in [2.05, 4.69) is 4.98 Å². The van der Waals surface area contributed by atoms with Crippen LogP contribution in [0, 0.1) is 0 Å². The predicted octanol–water partition coefficient (Wildman–Crippen LogP) is 2.38. The lowest BCUT2D eigenvalue weighted by Crippen LogP contribution is -2.43. The van der Waals surface area contributed by atoms with Crippen LogP contribution < -0.4 is 21.9 Å². The molecule has 1 aromatic heterocycles. The van der Waals surface area contributed by atoms with E-state index in [1.165, 1.54) is 10.6 Å². The molecule has 0 bridgehead atoms. The number of H-pyrrole nitrogens is 1. The molecule has 0 aliphatic rings. The quantitative estimate of drug-likeness (QED) is 0.408. The molecule has 0 radical (unpaired) electrons. The number of phenols is 1. The van der Waals surface area contributed by atoms with Crippen LogP contribution in [0.15, 0.2) is 46.0 Å². The van der Waals surface area contributed by atoms with E-state index in [1.54, 1.807) is 30.3 Å². The van der Waals surface area contributed by atoms with Crippen LogP contribution in [0.2, 0.25) is 0 Å². The number of carbonyl (C=O) groups excluding carboxylic acids is 2. The lowest BCUT2D eigenvalue weighted by molar-refractivity contribution is -0.121. The zero-order chi connectivity index (χ0) is 24.8. The molecule has 0 aliphatic carbocycles. The number of aromatic nitrogens is 2. The van der Waals surface area contributed by atoms with Gasteiger partial charge in [-0.05, 0) is 24.3 Å². The first-order chi connectivity index (χ1) is 16.3. The number of aromatic amines is 1. The highest BCUT2D eigenvalue weighted by Crippen LogP contribution is 2.29. The van der Waals surface area contributed by atoms with E-state index < -0.39 is 29.7 Å². The van der Waals surface area contributed by atoms with E-state index in [4.69, 9.17) is 10.5 Å². The number of rotatable bonds is 9. The molecular weight excluding hydrogens is 440 g/mol. The number of nitrogen functional groups attached to an aromatic ring is 1. The Bertz CT molecular complexity index is 1330. The van der Waals surface area contributed by atoms with Gasteiger partial charge < -0.3 is 20.5 Å². The Kier molecular flexibility index (Phi) is 7.72. The second kappa shape index (κ2) is 10.7. The van der Waals surface area contributed by atoms with Gasteiger partial charge in [-0.2, -0.15) is 0 Å². The number of anilines is 2. The maximum atomic E-state index is 13.0. The van der Waals surface area contributed by atoms with Crippen LogP contribution in [0.5, 0.6) is 5.75 Å². The minimum atomic E-state index is -0.884. The second-order valence-electron chi connectivity index (χ2n) is 7.80. The van der Waals surface area contributed by atoms with Crippen LogP contribution in [-0.2, 0) is 16.1 Å². The summed E-state index contributed by atoms with van der Waals surface area (Å²) in [4.78, 5) is 53.7. The second-order valence-corrected chi connectivity index (χ2v) is 7.80. The van der Waals surface area contributed by atoms with Gasteiger partial charge in [0.25, 0.3) is 11.5 Å². The molecule has 1 heterocycles. The summed E-state index contributed by atoms with van der Waals surface area (Å²) in [7, 11) is 0. The Balaban J connectivity index is 1.87. The molecule has 0 spiro atoms. The van der Waals surface area contributed by atoms with Gasteiger partial charge in [0.05, 0.1) is 0 Å². The van der Waals surface area contributed by atoms with E-state index in [0.717, 1.165) is 16.7 Å². The fraction of sp³-hybridized carbons (Fsp3) is 0.333. The van der Waals surface area contributed by atoms with Crippen LogP contribution in [-0.4, -0.2) is 39.7 Å². The number of nitrogens with zero attached hydrogens (tertiary/aromatic N) is 2. The number of aromatic hydroxyl groups is 1. The Labute approximate surface area is 195 Å². The Morgan fingerprint density at radius 2 is 1.85 bits per heavy atom. The average Bonchev–Trinajstić information content (AvgIpc) is 2.82. The molecule has 0 saturated heterocycles. The number of benzene rings is 2. The highest BCUT2D eigenvalue weighted by atomic mass is 16.5. The number of fused-ring (bicyclic) bond motifs is 1.